The lowest BCUT2D eigenvalue weighted by Gasteiger charge is -2.20. The summed E-state index contributed by atoms with van der Waals surface area (Å²) in [4.78, 5) is 0. The first-order valence-corrected chi connectivity index (χ1v) is 9.80. The van der Waals surface area contributed by atoms with Crippen molar-refractivity contribution in [2.24, 2.45) is 0 Å². The van der Waals surface area contributed by atoms with Crippen LogP contribution >= 0.6 is 0 Å². The van der Waals surface area contributed by atoms with Crippen LogP contribution in [0.5, 0.6) is 23.0 Å². The van der Waals surface area contributed by atoms with Crippen LogP contribution in [-0.2, 0) is 6.42 Å². The van der Waals surface area contributed by atoms with Gasteiger partial charge in [0, 0.05) is 11.1 Å². The molecule has 0 saturated carbocycles. The Balaban J connectivity index is 1.99. The zero-order valence-corrected chi connectivity index (χ0v) is 17.0. The molecule has 148 valence electrons. The molecule has 0 bridgehead atoms. The summed E-state index contributed by atoms with van der Waals surface area (Å²) in [6.07, 6.45) is 4.75. The average molecular weight is 373 g/mol. The summed E-state index contributed by atoms with van der Waals surface area (Å²) in [6, 6.07) is 11.5. The summed E-state index contributed by atoms with van der Waals surface area (Å²) < 4.78 is 17.0. The molecule has 0 spiro atoms. The van der Waals surface area contributed by atoms with Crippen LogP contribution in [0.2, 0.25) is 0 Å². The number of methoxy groups -OCH3 is 2. The van der Waals surface area contributed by atoms with Gasteiger partial charge in [0.05, 0.1) is 20.8 Å². The molecule has 0 amide bonds. The molecule has 2 aromatic carbocycles. The Morgan fingerprint density at radius 1 is 0.963 bits per heavy atom. The van der Waals surface area contributed by atoms with Crippen molar-refractivity contribution in [2.45, 2.75) is 51.9 Å². The van der Waals surface area contributed by atoms with Gasteiger partial charge in [-0.25, -0.2) is 0 Å². The maximum atomic E-state index is 10.1. The third-order valence-electron chi connectivity index (χ3n) is 4.93. The molecule has 0 aliphatic rings. The Morgan fingerprint density at radius 2 is 1.70 bits per heavy atom. The molecule has 0 heterocycles. The highest BCUT2D eigenvalue weighted by Gasteiger charge is 2.18. The number of phenolic OH excluding ortho intramolecular Hbond substituents is 1. The van der Waals surface area contributed by atoms with Crippen molar-refractivity contribution in [3.8, 4) is 23.0 Å². The molecular formula is C23H32O4. The number of rotatable bonds is 11. The lowest BCUT2D eigenvalue weighted by atomic mass is 9.91. The van der Waals surface area contributed by atoms with Gasteiger partial charge in [0.1, 0.15) is 11.5 Å². The molecule has 1 N–H and O–H groups in total. The molecule has 4 nitrogen and oxygen atoms in total. The van der Waals surface area contributed by atoms with E-state index in [9.17, 15) is 5.11 Å². The van der Waals surface area contributed by atoms with Crippen molar-refractivity contribution in [1.82, 2.24) is 0 Å². The van der Waals surface area contributed by atoms with Crippen LogP contribution < -0.4 is 14.2 Å². The highest BCUT2D eigenvalue weighted by molar-refractivity contribution is 5.48. The van der Waals surface area contributed by atoms with E-state index in [1.54, 1.807) is 20.3 Å². The highest BCUT2D eigenvalue weighted by Crippen LogP contribution is 2.38. The Morgan fingerprint density at radius 3 is 2.37 bits per heavy atom. The van der Waals surface area contributed by atoms with E-state index in [4.69, 9.17) is 14.2 Å². The Kier molecular flexibility index (Phi) is 8.31. The standard InChI is InChI=1S/C23H32O4/c1-5-10-19-20(24)13-8-14-21(19)27-16-9-11-17(6-2)18-12-7-15-22(25-3)23(18)26-4/h7-8,12-15,17,24H,5-6,9-11,16H2,1-4H3. The zero-order valence-electron chi connectivity index (χ0n) is 17.0. The molecular weight excluding hydrogens is 340 g/mol. The number of benzene rings is 2. The highest BCUT2D eigenvalue weighted by atomic mass is 16.5. The largest absolute Gasteiger partial charge is 0.508 e. The fraction of sp³-hybridized carbons (Fsp3) is 0.478. The van der Waals surface area contributed by atoms with Crippen LogP contribution in [0.25, 0.3) is 0 Å². The number of aromatic hydroxyl groups is 1. The number of para-hydroxylation sites is 1. The van der Waals surface area contributed by atoms with Crippen LogP contribution in [-0.4, -0.2) is 25.9 Å². The molecule has 0 radical (unpaired) electrons. The fourth-order valence-electron chi connectivity index (χ4n) is 3.52. The topological polar surface area (TPSA) is 47.9 Å². The van der Waals surface area contributed by atoms with E-state index in [0.717, 1.165) is 54.9 Å². The molecule has 1 atom stereocenters. The summed E-state index contributed by atoms with van der Waals surface area (Å²) in [6.45, 7) is 4.92. The van der Waals surface area contributed by atoms with Crippen molar-refractivity contribution < 1.29 is 19.3 Å². The van der Waals surface area contributed by atoms with Crippen molar-refractivity contribution in [2.75, 3.05) is 20.8 Å². The van der Waals surface area contributed by atoms with Gasteiger partial charge in [0.15, 0.2) is 11.5 Å². The Hall–Kier alpha value is -2.36. The van der Waals surface area contributed by atoms with Gasteiger partial charge in [-0.05, 0) is 49.8 Å². The van der Waals surface area contributed by atoms with Gasteiger partial charge >= 0.3 is 0 Å². The third kappa shape index (κ3) is 5.31. The van der Waals surface area contributed by atoms with E-state index >= 15 is 0 Å². The van der Waals surface area contributed by atoms with Crippen LogP contribution in [0.4, 0.5) is 0 Å². The van der Waals surface area contributed by atoms with Crippen LogP contribution in [0.15, 0.2) is 36.4 Å². The number of phenols is 1. The lowest BCUT2D eigenvalue weighted by molar-refractivity contribution is 0.294. The quantitative estimate of drug-likeness (QED) is 0.513. The maximum Gasteiger partial charge on any atom is 0.164 e. The van der Waals surface area contributed by atoms with Gasteiger partial charge in [-0.2, -0.15) is 0 Å². The zero-order chi connectivity index (χ0) is 19.6. The maximum absolute atomic E-state index is 10.1. The predicted molar refractivity (Wildman–Crippen MR) is 109 cm³/mol. The molecule has 4 heteroatoms. The normalized spacial score (nSPS) is 11.9. The molecule has 0 fully saturated rings. The Labute approximate surface area is 163 Å². The average Bonchev–Trinajstić information content (AvgIpc) is 2.69. The second-order valence-electron chi connectivity index (χ2n) is 6.68. The molecule has 1 unspecified atom stereocenters. The van der Waals surface area contributed by atoms with Gasteiger partial charge in [0.25, 0.3) is 0 Å². The van der Waals surface area contributed by atoms with Crippen LogP contribution in [0.3, 0.4) is 0 Å². The summed E-state index contributed by atoms with van der Waals surface area (Å²) in [7, 11) is 3.36. The van der Waals surface area contributed by atoms with Gasteiger partial charge in [-0.1, -0.05) is 38.5 Å². The van der Waals surface area contributed by atoms with Crippen molar-refractivity contribution in [1.29, 1.82) is 0 Å². The monoisotopic (exact) mass is 372 g/mol. The molecule has 0 saturated heterocycles. The minimum absolute atomic E-state index is 0.321. The van der Waals surface area contributed by atoms with Crippen molar-refractivity contribution in [3.05, 3.63) is 47.5 Å². The SMILES string of the molecule is CCCc1c(O)cccc1OCCCC(CC)c1cccc(OC)c1OC. The molecule has 27 heavy (non-hydrogen) atoms. The Bertz CT molecular complexity index is 712. The van der Waals surface area contributed by atoms with Crippen LogP contribution in [0, 0.1) is 0 Å². The summed E-state index contributed by atoms with van der Waals surface area (Å²) >= 11 is 0. The van der Waals surface area contributed by atoms with Gasteiger partial charge in [-0.15, -0.1) is 0 Å². The summed E-state index contributed by atoms with van der Waals surface area (Å²) in [5.74, 6) is 3.10. The predicted octanol–water partition coefficient (Wildman–Crippen LogP) is 5.71. The minimum Gasteiger partial charge on any atom is -0.508 e. The third-order valence-corrected chi connectivity index (χ3v) is 4.93. The van der Waals surface area contributed by atoms with E-state index < -0.39 is 0 Å². The van der Waals surface area contributed by atoms with Gasteiger partial charge < -0.3 is 19.3 Å². The van der Waals surface area contributed by atoms with Gasteiger partial charge in [0.2, 0.25) is 0 Å². The lowest BCUT2D eigenvalue weighted by Crippen LogP contribution is -2.06. The van der Waals surface area contributed by atoms with Crippen molar-refractivity contribution in [3.63, 3.8) is 0 Å². The fourth-order valence-corrected chi connectivity index (χ4v) is 3.52. The first-order valence-electron chi connectivity index (χ1n) is 9.80. The van der Waals surface area contributed by atoms with E-state index in [1.165, 1.54) is 5.56 Å². The smallest absolute Gasteiger partial charge is 0.164 e. The molecule has 2 aromatic rings. The van der Waals surface area contributed by atoms with Crippen molar-refractivity contribution >= 4 is 0 Å². The molecule has 0 aliphatic heterocycles. The summed E-state index contributed by atoms with van der Waals surface area (Å²) in [5, 5.41) is 10.1. The first-order chi connectivity index (χ1) is 13.2. The van der Waals surface area contributed by atoms with E-state index in [1.807, 2.05) is 24.3 Å². The molecule has 2 rings (SSSR count). The second-order valence-corrected chi connectivity index (χ2v) is 6.68. The second kappa shape index (κ2) is 10.7. The van der Waals surface area contributed by atoms with E-state index in [-0.39, 0.29) is 0 Å². The van der Waals surface area contributed by atoms with Crippen LogP contribution in [0.1, 0.15) is 56.6 Å². The summed E-state index contributed by atoms with van der Waals surface area (Å²) in [5.41, 5.74) is 2.09. The first kappa shape index (κ1) is 20.9. The number of hydrogen-bond donors (Lipinski definition) is 1. The number of ether oxygens (including phenoxy) is 3. The van der Waals surface area contributed by atoms with Gasteiger partial charge in [-0.3, -0.25) is 0 Å². The van der Waals surface area contributed by atoms with E-state index in [2.05, 4.69) is 19.9 Å². The van der Waals surface area contributed by atoms with E-state index in [0.29, 0.717) is 18.3 Å². The molecule has 0 aliphatic carbocycles. The minimum atomic E-state index is 0.321. The molecule has 0 aromatic heterocycles. The number of hydrogen-bond acceptors (Lipinski definition) is 4.